The van der Waals surface area contributed by atoms with Gasteiger partial charge in [0.1, 0.15) is 22.9 Å². The Morgan fingerprint density at radius 2 is 2.04 bits per heavy atom. The van der Waals surface area contributed by atoms with E-state index in [1.54, 1.807) is 24.8 Å². The molecule has 4 rings (SSSR count). The van der Waals surface area contributed by atoms with Gasteiger partial charge in [0, 0.05) is 0 Å². The van der Waals surface area contributed by atoms with E-state index in [0.717, 1.165) is 20.9 Å². The van der Waals surface area contributed by atoms with Crippen molar-refractivity contribution < 1.29 is 4.74 Å². The van der Waals surface area contributed by atoms with Crippen LogP contribution >= 0.6 is 23.1 Å². The molecule has 0 saturated heterocycles. The number of rotatable bonds is 6. The zero-order chi connectivity index (χ0) is 18.6. The van der Waals surface area contributed by atoms with Gasteiger partial charge in [0.25, 0.3) is 0 Å². The smallest absolute Gasteiger partial charge is 0.232 e. The number of nitrogens with one attached hydrogen (secondary N) is 1. The van der Waals surface area contributed by atoms with Crippen molar-refractivity contribution in [2.45, 2.75) is 10.8 Å². The number of thioether (sulfide) groups is 1. The number of fused-ring (bicyclic) bond motifs is 1. The fourth-order valence-electron chi connectivity index (χ4n) is 2.43. The molecule has 0 spiro atoms. The molecule has 1 aromatic carbocycles. The second kappa shape index (κ2) is 7.72. The summed E-state index contributed by atoms with van der Waals surface area (Å²) in [5.74, 6) is 2.28. The van der Waals surface area contributed by atoms with Crippen molar-refractivity contribution in [2.24, 2.45) is 0 Å². The Labute approximate surface area is 163 Å². The highest BCUT2D eigenvalue weighted by Crippen LogP contribution is 2.30. The largest absolute Gasteiger partial charge is 0.495 e. The second-order valence-corrected chi connectivity index (χ2v) is 7.24. The van der Waals surface area contributed by atoms with Crippen LogP contribution in [0.4, 0.5) is 17.6 Å². The van der Waals surface area contributed by atoms with E-state index in [0.29, 0.717) is 23.3 Å². The molecule has 0 aliphatic rings. The van der Waals surface area contributed by atoms with Crippen LogP contribution in [0.25, 0.3) is 10.2 Å². The van der Waals surface area contributed by atoms with Crippen molar-refractivity contribution in [1.82, 2.24) is 24.9 Å². The van der Waals surface area contributed by atoms with Gasteiger partial charge in [-0.1, -0.05) is 23.9 Å². The van der Waals surface area contributed by atoms with E-state index in [1.807, 2.05) is 35.7 Å². The Morgan fingerprint density at radius 1 is 1.15 bits per heavy atom. The zero-order valence-electron chi connectivity index (χ0n) is 14.3. The molecule has 3 heterocycles. The van der Waals surface area contributed by atoms with Gasteiger partial charge in [-0.3, -0.25) is 0 Å². The SMILES string of the molecule is COc1ccccc1Nc1nc(N)nc(CSc2ncnc3ccsc23)n1. The Hall–Kier alpha value is -2.98. The fourth-order valence-corrected chi connectivity index (χ4v) is 4.23. The maximum absolute atomic E-state index is 5.86. The standard InChI is InChI=1S/C17H15N7OS2/c1-25-12-5-3-2-4-10(12)21-17-23-13(22-16(18)24-17)8-27-15-14-11(6-7-26-14)19-9-20-15/h2-7,9H,8H2,1H3,(H3,18,21,22,23,24). The summed E-state index contributed by atoms with van der Waals surface area (Å²) in [5.41, 5.74) is 7.55. The van der Waals surface area contributed by atoms with Gasteiger partial charge in [-0.2, -0.15) is 15.0 Å². The van der Waals surface area contributed by atoms with Crippen molar-refractivity contribution >= 4 is 50.9 Å². The average Bonchev–Trinajstić information content (AvgIpc) is 3.16. The van der Waals surface area contributed by atoms with Crippen LogP contribution in [0.15, 0.2) is 47.1 Å². The molecule has 3 aromatic heterocycles. The van der Waals surface area contributed by atoms with Crippen LogP contribution in [0.3, 0.4) is 0 Å². The van der Waals surface area contributed by atoms with Crippen molar-refractivity contribution in [3.8, 4) is 5.75 Å². The molecule has 0 amide bonds. The zero-order valence-corrected chi connectivity index (χ0v) is 15.9. The molecule has 4 aromatic rings. The summed E-state index contributed by atoms with van der Waals surface area (Å²) in [6.07, 6.45) is 1.56. The van der Waals surface area contributed by atoms with E-state index in [1.165, 1.54) is 11.8 Å². The minimum atomic E-state index is 0.155. The van der Waals surface area contributed by atoms with Gasteiger partial charge < -0.3 is 15.8 Å². The molecule has 3 N–H and O–H groups in total. The number of nitrogen functional groups attached to an aromatic ring is 1. The van der Waals surface area contributed by atoms with Crippen LogP contribution in [0.2, 0.25) is 0 Å². The summed E-state index contributed by atoms with van der Waals surface area (Å²) < 4.78 is 6.39. The molecule has 0 aliphatic carbocycles. The van der Waals surface area contributed by atoms with Crippen molar-refractivity contribution in [3.63, 3.8) is 0 Å². The van der Waals surface area contributed by atoms with Crippen LogP contribution in [-0.4, -0.2) is 32.0 Å². The highest BCUT2D eigenvalue weighted by atomic mass is 32.2. The topological polar surface area (TPSA) is 112 Å². The summed E-state index contributed by atoms with van der Waals surface area (Å²) in [5, 5.41) is 6.02. The van der Waals surface area contributed by atoms with Crippen molar-refractivity contribution in [3.05, 3.63) is 47.9 Å². The van der Waals surface area contributed by atoms with E-state index < -0.39 is 0 Å². The highest BCUT2D eigenvalue weighted by molar-refractivity contribution is 7.98. The number of nitrogens with two attached hydrogens (primary N) is 1. The van der Waals surface area contributed by atoms with Gasteiger partial charge in [0.15, 0.2) is 0 Å². The molecule has 0 radical (unpaired) electrons. The first-order valence-electron chi connectivity index (χ1n) is 7.94. The number of anilines is 3. The number of para-hydroxylation sites is 2. The van der Waals surface area contributed by atoms with Crippen LogP contribution in [0.5, 0.6) is 5.75 Å². The molecule has 0 aliphatic heterocycles. The molecule has 8 nitrogen and oxygen atoms in total. The molecule has 0 bridgehead atoms. The van der Waals surface area contributed by atoms with E-state index in [2.05, 4.69) is 30.2 Å². The number of aromatic nitrogens is 5. The summed E-state index contributed by atoms with van der Waals surface area (Å²) >= 11 is 3.15. The maximum atomic E-state index is 5.86. The van der Waals surface area contributed by atoms with Gasteiger partial charge in [-0.25, -0.2) is 9.97 Å². The molecule has 27 heavy (non-hydrogen) atoms. The molecule has 0 fully saturated rings. The molecule has 0 saturated carbocycles. The van der Waals surface area contributed by atoms with Crippen LogP contribution in [-0.2, 0) is 5.75 Å². The molecule has 136 valence electrons. The predicted octanol–water partition coefficient (Wildman–Crippen LogP) is 3.50. The number of thiophene rings is 1. The number of nitrogens with zero attached hydrogens (tertiary/aromatic N) is 5. The van der Waals surface area contributed by atoms with Crippen molar-refractivity contribution in [2.75, 3.05) is 18.2 Å². The lowest BCUT2D eigenvalue weighted by Gasteiger charge is -2.10. The van der Waals surface area contributed by atoms with Gasteiger partial charge in [0.2, 0.25) is 11.9 Å². The van der Waals surface area contributed by atoms with Gasteiger partial charge in [0.05, 0.1) is 28.8 Å². The Bertz CT molecular complexity index is 1090. The van der Waals surface area contributed by atoms with Gasteiger partial charge >= 0.3 is 0 Å². The van der Waals surface area contributed by atoms with Gasteiger partial charge in [-0.15, -0.1) is 11.3 Å². The monoisotopic (exact) mass is 397 g/mol. The van der Waals surface area contributed by atoms with Crippen LogP contribution in [0, 0.1) is 0 Å². The molecule has 0 unspecified atom stereocenters. The minimum Gasteiger partial charge on any atom is -0.495 e. The lowest BCUT2D eigenvalue weighted by molar-refractivity contribution is 0.417. The third kappa shape index (κ3) is 3.91. The third-order valence-corrected chi connectivity index (χ3v) is 5.63. The minimum absolute atomic E-state index is 0.155. The Morgan fingerprint density at radius 3 is 2.93 bits per heavy atom. The van der Waals surface area contributed by atoms with E-state index >= 15 is 0 Å². The molecular weight excluding hydrogens is 382 g/mol. The van der Waals surface area contributed by atoms with E-state index in [9.17, 15) is 0 Å². The molecule has 0 atom stereocenters. The number of benzene rings is 1. The normalized spacial score (nSPS) is 10.9. The van der Waals surface area contributed by atoms with Gasteiger partial charge in [-0.05, 0) is 23.6 Å². The average molecular weight is 397 g/mol. The Balaban J connectivity index is 1.55. The first kappa shape index (κ1) is 17.4. The quantitative estimate of drug-likeness (QED) is 0.373. The lowest BCUT2D eigenvalue weighted by Crippen LogP contribution is -2.07. The predicted molar refractivity (Wildman–Crippen MR) is 107 cm³/mol. The second-order valence-electron chi connectivity index (χ2n) is 5.36. The van der Waals surface area contributed by atoms with Crippen LogP contribution in [0.1, 0.15) is 5.82 Å². The van der Waals surface area contributed by atoms with E-state index in [4.69, 9.17) is 10.5 Å². The summed E-state index contributed by atoms with van der Waals surface area (Å²) in [4.78, 5) is 21.4. The van der Waals surface area contributed by atoms with Crippen LogP contribution < -0.4 is 15.8 Å². The fraction of sp³-hybridized carbons (Fsp3) is 0.118. The molecular formula is C17H15N7OS2. The maximum Gasteiger partial charge on any atom is 0.232 e. The van der Waals surface area contributed by atoms with E-state index in [-0.39, 0.29) is 5.95 Å². The summed E-state index contributed by atoms with van der Waals surface area (Å²) in [6.45, 7) is 0. The van der Waals surface area contributed by atoms with Crippen molar-refractivity contribution in [1.29, 1.82) is 0 Å². The summed E-state index contributed by atoms with van der Waals surface area (Å²) in [6, 6.07) is 9.49. The lowest BCUT2D eigenvalue weighted by atomic mass is 10.3. The molecule has 10 heteroatoms. The number of hydrogen-bond acceptors (Lipinski definition) is 10. The highest BCUT2D eigenvalue weighted by Gasteiger charge is 2.11. The summed E-state index contributed by atoms with van der Waals surface area (Å²) in [7, 11) is 1.61. The first-order valence-corrected chi connectivity index (χ1v) is 9.81. The third-order valence-electron chi connectivity index (χ3n) is 3.60. The number of hydrogen-bond donors (Lipinski definition) is 2. The Kier molecular flexibility index (Phi) is 4.99. The first-order chi connectivity index (χ1) is 13.2. The number of ether oxygens (including phenoxy) is 1. The number of methoxy groups -OCH3 is 1.